The molecule has 4 rings (SSSR count). The van der Waals surface area contributed by atoms with Gasteiger partial charge in [-0.25, -0.2) is 4.39 Å². The van der Waals surface area contributed by atoms with Crippen molar-refractivity contribution in [1.29, 1.82) is 0 Å². The summed E-state index contributed by atoms with van der Waals surface area (Å²) in [6.07, 6.45) is 3.56. The van der Waals surface area contributed by atoms with Gasteiger partial charge in [0.2, 0.25) is 5.88 Å². The molecule has 3 aromatic rings. The second-order valence-corrected chi connectivity index (χ2v) is 9.30. The van der Waals surface area contributed by atoms with Gasteiger partial charge in [-0.2, -0.15) is 0 Å². The number of nitrogens with one attached hydrogen (secondary N) is 1. The molecule has 1 atom stereocenters. The maximum absolute atomic E-state index is 14.9. The average Bonchev–Trinajstić information content (AvgIpc) is 3.14. The lowest BCUT2D eigenvalue weighted by atomic mass is 10.1. The average molecular weight is 534 g/mol. The maximum Gasteiger partial charge on any atom is 0.258 e. The van der Waals surface area contributed by atoms with Crippen molar-refractivity contribution in [3.05, 3.63) is 61.7 Å². The highest BCUT2D eigenvalue weighted by Crippen LogP contribution is 2.31. The molecule has 162 valence electrons. The first-order valence-corrected chi connectivity index (χ1v) is 11.2. The number of hydrogen-bond acceptors (Lipinski definition) is 5. The Hall–Kier alpha value is -2.46. The highest BCUT2D eigenvalue weighted by Gasteiger charge is 2.27. The molecule has 1 fully saturated rings. The van der Waals surface area contributed by atoms with Gasteiger partial charge in [0.1, 0.15) is 5.82 Å². The fraction of sp³-hybridized carbons (Fsp3) is 0.304. The van der Waals surface area contributed by atoms with E-state index in [4.69, 9.17) is 0 Å². The summed E-state index contributed by atoms with van der Waals surface area (Å²) in [4.78, 5) is 23.2. The molecule has 0 saturated carbocycles. The highest BCUT2D eigenvalue weighted by atomic mass is 127. The number of anilines is 1. The number of nitrogens with zero attached hydrogens (tertiary/aromatic N) is 3. The van der Waals surface area contributed by atoms with E-state index >= 15 is 0 Å². The Labute approximate surface area is 193 Å². The van der Waals surface area contributed by atoms with Gasteiger partial charge < -0.3 is 14.9 Å². The van der Waals surface area contributed by atoms with Crippen LogP contribution in [0.5, 0.6) is 5.88 Å². The van der Waals surface area contributed by atoms with E-state index in [2.05, 4.69) is 42.4 Å². The molecule has 1 aliphatic heterocycles. The zero-order chi connectivity index (χ0) is 22.1. The van der Waals surface area contributed by atoms with Crippen LogP contribution >= 0.6 is 22.6 Å². The van der Waals surface area contributed by atoms with E-state index in [1.807, 2.05) is 26.2 Å². The zero-order valence-electron chi connectivity index (χ0n) is 17.4. The number of aromatic nitrogens is 1. The van der Waals surface area contributed by atoms with Crippen LogP contribution in [0.25, 0.3) is 10.8 Å². The fourth-order valence-corrected chi connectivity index (χ4v) is 4.64. The van der Waals surface area contributed by atoms with Crippen LogP contribution in [0.3, 0.4) is 0 Å². The normalized spacial score (nSPS) is 16.8. The Bertz CT molecular complexity index is 1210. The molecule has 2 N–H and O–H groups in total. The lowest BCUT2D eigenvalue weighted by Crippen LogP contribution is -2.37. The number of fused-ring (bicyclic) bond motifs is 1. The quantitative estimate of drug-likeness (QED) is 0.379. The van der Waals surface area contributed by atoms with Crippen molar-refractivity contribution < 1.29 is 9.50 Å². The third kappa shape index (κ3) is 4.59. The van der Waals surface area contributed by atoms with Gasteiger partial charge in [-0.1, -0.05) is 0 Å². The van der Waals surface area contributed by atoms with Gasteiger partial charge in [0, 0.05) is 45.8 Å². The van der Waals surface area contributed by atoms with E-state index in [9.17, 15) is 14.3 Å². The van der Waals surface area contributed by atoms with Crippen LogP contribution in [0, 0.1) is 9.39 Å². The number of rotatable bonds is 5. The maximum atomic E-state index is 14.9. The second-order valence-electron chi connectivity index (χ2n) is 8.05. The number of likely N-dealkylation sites (N-methyl/N-ethyl adjacent to an activating group) is 1. The molecule has 0 spiro atoms. The van der Waals surface area contributed by atoms with Crippen molar-refractivity contribution in [2.24, 2.45) is 4.99 Å². The third-order valence-electron chi connectivity index (χ3n) is 5.54. The van der Waals surface area contributed by atoms with Crippen molar-refractivity contribution in [2.45, 2.75) is 18.9 Å². The first kappa shape index (κ1) is 21.8. The van der Waals surface area contributed by atoms with E-state index in [1.54, 1.807) is 18.2 Å². The van der Waals surface area contributed by atoms with Crippen LogP contribution in [0.1, 0.15) is 18.4 Å². The highest BCUT2D eigenvalue weighted by molar-refractivity contribution is 14.1. The van der Waals surface area contributed by atoms with Crippen LogP contribution in [-0.2, 0) is 0 Å². The molecule has 0 bridgehead atoms. The molecule has 8 heteroatoms. The number of pyridine rings is 1. The lowest BCUT2D eigenvalue weighted by Gasteiger charge is -2.29. The third-order valence-corrected chi connectivity index (χ3v) is 6.21. The minimum atomic E-state index is -0.366. The van der Waals surface area contributed by atoms with E-state index in [-0.39, 0.29) is 17.3 Å². The number of aromatic amines is 1. The number of aliphatic imine (C=N–C) groups is 1. The van der Waals surface area contributed by atoms with Crippen molar-refractivity contribution in [1.82, 2.24) is 9.88 Å². The number of aromatic hydroxyl groups is 1. The first-order chi connectivity index (χ1) is 14.8. The summed E-state index contributed by atoms with van der Waals surface area (Å²) in [6, 6.07) is 10.6. The van der Waals surface area contributed by atoms with E-state index in [0.29, 0.717) is 33.8 Å². The zero-order valence-corrected chi connectivity index (χ0v) is 19.6. The molecule has 0 radical (unpaired) electrons. The predicted octanol–water partition coefficient (Wildman–Crippen LogP) is 4.26. The van der Waals surface area contributed by atoms with Crippen molar-refractivity contribution in [3.8, 4) is 5.88 Å². The summed E-state index contributed by atoms with van der Waals surface area (Å²) < 4.78 is 15.9. The van der Waals surface area contributed by atoms with E-state index in [1.165, 1.54) is 12.3 Å². The molecular formula is C23H24FIN4O2. The minimum absolute atomic E-state index is 0.260. The Morgan fingerprint density at radius 3 is 2.84 bits per heavy atom. The summed E-state index contributed by atoms with van der Waals surface area (Å²) in [5, 5.41) is 11.3. The number of halogens is 2. The Balaban J connectivity index is 1.65. The Kier molecular flexibility index (Phi) is 6.29. The molecule has 2 heterocycles. The molecule has 1 unspecified atom stereocenters. The van der Waals surface area contributed by atoms with Crippen molar-refractivity contribution in [3.63, 3.8) is 0 Å². The van der Waals surface area contributed by atoms with Crippen LogP contribution in [0.4, 0.5) is 15.8 Å². The number of benzene rings is 2. The largest absolute Gasteiger partial charge is 0.494 e. The van der Waals surface area contributed by atoms with Crippen LogP contribution in [0.15, 0.2) is 46.2 Å². The molecule has 0 aliphatic carbocycles. The fourth-order valence-electron chi connectivity index (χ4n) is 4.15. The molecular weight excluding hydrogens is 510 g/mol. The standard InChI is InChI=1S/C23H24FIN4O2/c1-28(2)13-16-4-3-9-29(16)21-8-6-15(11-20(21)24)26-12-19-18-10-14(25)5-7-17(18)22(30)27-23(19)31/h5-8,10-12,16H,3-4,9,13H2,1-2H3,(H2,27,30,31). The van der Waals surface area contributed by atoms with E-state index < -0.39 is 0 Å². The summed E-state index contributed by atoms with van der Waals surface area (Å²) in [7, 11) is 4.06. The molecule has 1 aliphatic rings. The molecule has 6 nitrogen and oxygen atoms in total. The molecule has 1 saturated heterocycles. The lowest BCUT2D eigenvalue weighted by molar-refractivity contribution is 0.371. The Morgan fingerprint density at radius 1 is 1.29 bits per heavy atom. The van der Waals surface area contributed by atoms with E-state index in [0.717, 1.165) is 29.5 Å². The minimum Gasteiger partial charge on any atom is -0.494 e. The molecule has 31 heavy (non-hydrogen) atoms. The van der Waals surface area contributed by atoms with Crippen LogP contribution in [-0.4, -0.2) is 54.4 Å². The summed E-state index contributed by atoms with van der Waals surface area (Å²) >= 11 is 2.15. The van der Waals surface area contributed by atoms with Gasteiger partial charge in [0.05, 0.1) is 16.9 Å². The predicted molar refractivity (Wildman–Crippen MR) is 132 cm³/mol. The SMILES string of the molecule is CN(C)CC1CCCN1c1ccc(N=Cc2c(O)[nH]c(=O)c3ccc(I)cc23)cc1F. The van der Waals surface area contributed by atoms with Gasteiger partial charge >= 0.3 is 0 Å². The molecule has 1 aromatic heterocycles. The van der Waals surface area contributed by atoms with Gasteiger partial charge in [-0.15, -0.1) is 0 Å². The summed E-state index contributed by atoms with van der Waals surface area (Å²) in [5.41, 5.74) is 1.06. The number of hydrogen-bond donors (Lipinski definition) is 2. The van der Waals surface area contributed by atoms with Gasteiger partial charge in [-0.05, 0) is 79.9 Å². The van der Waals surface area contributed by atoms with Gasteiger partial charge in [0.25, 0.3) is 5.56 Å². The van der Waals surface area contributed by atoms with Crippen molar-refractivity contribution >= 4 is 51.0 Å². The van der Waals surface area contributed by atoms with Gasteiger partial charge in [0.15, 0.2) is 0 Å². The Morgan fingerprint density at radius 2 is 2.10 bits per heavy atom. The van der Waals surface area contributed by atoms with Crippen LogP contribution in [0.2, 0.25) is 0 Å². The monoisotopic (exact) mass is 534 g/mol. The smallest absolute Gasteiger partial charge is 0.258 e. The summed E-state index contributed by atoms with van der Waals surface area (Å²) in [5.74, 6) is -0.575. The molecule has 2 aromatic carbocycles. The number of H-pyrrole nitrogens is 1. The first-order valence-electron chi connectivity index (χ1n) is 10.1. The second kappa shape index (κ2) is 8.96. The van der Waals surface area contributed by atoms with Crippen molar-refractivity contribution in [2.75, 3.05) is 32.1 Å². The van der Waals surface area contributed by atoms with Gasteiger partial charge in [-0.3, -0.25) is 14.8 Å². The topological polar surface area (TPSA) is 71.9 Å². The molecule has 0 amide bonds. The van der Waals surface area contributed by atoms with Crippen LogP contribution < -0.4 is 10.5 Å². The summed E-state index contributed by atoms with van der Waals surface area (Å²) in [6.45, 7) is 1.73.